The summed E-state index contributed by atoms with van der Waals surface area (Å²) < 4.78 is 27.3. The molecule has 0 aliphatic heterocycles. The number of carbonyl (C=O) groups excluding carboxylic acids is 1. The van der Waals surface area contributed by atoms with E-state index in [9.17, 15) is 13.2 Å². The van der Waals surface area contributed by atoms with Crippen LogP contribution in [-0.2, 0) is 10.0 Å². The molecule has 0 bridgehead atoms. The Labute approximate surface area is 127 Å². The maximum absolute atomic E-state index is 12.3. The molecular formula is C15H24N2O3S. The molecule has 0 saturated carbocycles. The fourth-order valence-electron chi connectivity index (χ4n) is 2.00. The van der Waals surface area contributed by atoms with Crippen LogP contribution in [0.25, 0.3) is 0 Å². The zero-order chi connectivity index (χ0) is 15.9. The molecule has 0 radical (unpaired) electrons. The number of nitrogens with one attached hydrogen (secondary N) is 1. The Hall–Kier alpha value is -1.24. The Balaban J connectivity index is 2.94. The van der Waals surface area contributed by atoms with Crippen LogP contribution in [0.2, 0.25) is 0 Å². The molecule has 0 heterocycles. The van der Waals surface area contributed by atoms with Crippen molar-refractivity contribution >= 4 is 15.8 Å². The number of sulfonamides is 1. The van der Waals surface area contributed by atoms with E-state index in [1.165, 1.54) is 12.1 Å². The first-order valence-corrected chi connectivity index (χ1v) is 8.78. The van der Waals surface area contributed by atoms with Crippen LogP contribution in [0.4, 0.5) is 0 Å². The normalized spacial score (nSPS) is 13.1. The van der Waals surface area contributed by atoms with Gasteiger partial charge in [0.2, 0.25) is 10.0 Å². The van der Waals surface area contributed by atoms with Crippen LogP contribution >= 0.6 is 0 Å². The third-order valence-electron chi connectivity index (χ3n) is 3.30. The van der Waals surface area contributed by atoms with Crippen molar-refractivity contribution in [2.75, 3.05) is 6.54 Å². The number of hydrogen-bond donors (Lipinski definition) is 2. The third kappa shape index (κ3) is 5.22. The highest BCUT2D eigenvalue weighted by Gasteiger charge is 2.19. The Morgan fingerprint density at radius 2 is 2.05 bits per heavy atom. The number of Topliss-reactive ketones (excluding diaryl/α,β-unsaturated/α-hetero) is 1. The zero-order valence-corrected chi connectivity index (χ0v) is 13.4. The van der Waals surface area contributed by atoms with Crippen LogP contribution in [0.5, 0.6) is 0 Å². The highest BCUT2D eigenvalue weighted by atomic mass is 32.2. The van der Waals surface area contributed by atoms with E-state index >= 15 is 0 Å². The van der Waals surface area contributed by atoms with Crippen molar-refractivity contribution in [3.05, 3.63) is 29.8 Å². The van der Waals surface area contributed by atoms with Crippen molar-refractivity contribution in [3.63, 3.8) is 0 Å². The second-order valence-electron chi connectivity index (χ2n) is 5.00. The molecule has 0 amide bonds. The lowest BCUT2D eigenvalue weighted by Crippen LogP contribution is -2.40. The smallest absolute Gasteiger partial charge is 0.240 e. The van der Waals surface area contributed by atoms with Gasteiger partial charge in [0.1, 0.15) is 0 Å². The molecular weight excluding hydrogens is 288 g/mol. The summed E-state index contributed by atoms with van der Waals surface area (Å²) in [6.45, 7) is 4.05. The fraction of sp³-hybridized carbons (Fsp3) is 0.533. The summed E-state index contributed by atoms with van der Waals surface area (Å²) >= 11 is 0. The van der Waals surface area contributed by atoms with Gasteiger partial charge in [-0.3, -0.25) is 4.79 Å². The van der Waals surface area contributed by atoms with Gasteiger partial charge in [0.15, 0.2) is 5.78 Å². The first kappa shape index (κ1) is 17.8. The van der Waals surface area contributed by atoms with Gasteiger partial charge >= 0.3 is 0 Å². The van der Waals surface area contributed by atoms with E-state index in [1.54, 1.807) is 19.1 Å². The molecule has 1 aromatic carbocycles. The number of carbonyl (C=O) groups is 1. The maximum atomic E-state index is 12.3. The van der Waals surface area contributed by atoms with Gasteiger partial charge in [-0.15, -0.1) is 0 Å². The average Bonchev–Trinajstić information content (AvgIpc) is 2.50. The summed E-state index contributed by atoms with van der Waals surface area (Å²) in [6, 6.07) is 5.84. The van der Waals surface area contributed by atoms with Gasteiger partial charge < -0.3 is 5.73 Å². The summed E-state index contributed by atoms with van der Waals surface area (Å²) in [5.74, 6) is -0.0755. The predicted octanol–water partition coefficient (Wildman–Crippen LogP) is 2.08. The van der Waals surface area contributed by atoms with E-state index in [0.29, 0.717) is 18.4 Å². The van der Waals surface area contributed by atoms with E-state index in [1.807, 2.05) is 6.92 Å². The van der Waals surface area contributed by atoms with E-state index in [2.05, 4.69) is 4.72 Å². The fourth-order valence-corrected chi connectivity index (χ4v) is 3.33. The lowest BCUT2D eigenvalue weighted by atomic mass is 10.1. The molecule has 3 N–H and O–H groups in total. The van der Waals surface area contributed by atoms with Crippen molar-refractivity contribution in [1.29, 1.82) is 0 Å². The van der Waals surface area contributed by atoms with Gasteiger partial charge in [-0.25, -0.2) is 13.1 Å². The van der Waals surface area contributed by atoms with Gasteiger partial charge in [0.05, 0.1) is 4.90 Å². The third-order valence-corrected chi connectivity index (χ3v) is 4.82. The summed E-state index contributed by atoms with van der Waals surface area (Å²) in [7, 11) is -3.65. The largest absolute Gasteiger partial charge is 0.329 e. The number of hydrogen-bond acceptors (Lipinski definition) is 4. The number of ketones is 1. The van der Waals surface area contributed by atoms with Crippen molar-refractivity contribution in [2.24, 2.45) is 5.73 Å². The maximum Gasteiger partial charge on any atom is 0.240 e. The zero-order valence-electron chi connectivity index (χ0n) is 12.6. The highest BCUT2D eigenvalue weighted by Crippen LogP contribution is 2.14. The molecule has 21 heavy (non-hydrogen) atoms. The molecule has 1 rings (SSSR count). The van der Waals surface area contributed by atoms with Gasteiger partial charge in [0.25, 0.3) is 0 Å². The number of nitrogens with two attached hydrogens (primary N) is 1. The molecule has 1 aromatic rings. The van der Waals surface area contributed by atoms with E-state index in [0.717, 1.165) is 12.8 Å². The molecule has 118 valence electrons. The van der Waals surface area contributed by atoms with Crippen molar-refractivity contribution < 1.29 is 13.2 Å². The molecule has 0 aromatic heterocycles. The molecule has 0 aliphatic carbocycles. The summed E-state index contributed by atoms with van der Waals surface area (Å²) in [6.07, 6.45) is 2.95. The minimum atomic E-state index is -3.65. The number of rotatable bonds is 9. The minimum Gasteiger partial charge on any atom is -0.329 e. The van der Waals surface area contributed by atoms with E-state index < -0.39 is 10.0 Å². The topological polar surface area (TPSA) is 89.3 Å². The molecule has 1 atom stereocenters. The number of unbranched alkanes of at least 4 members (excludes halogenated alkanes) is 1. The Bertz CT molecular complexity index is 570. The lowest BCUT2D eigenvalue weighted by molar-refractivity contribution is 0.0988. The van der Waals surface area contributed by atoms with Gasteiger partial charge in [-0.2, -0.15) is 0 Å². The van der Waals surface area contributed by atoms with E-state index in [-0.39, 0.29) is 23.3 Å². The van der Waals surface area contributed by atoms with Gasteiger partial charge in [-0.05, 0) is 18.6 Å². The van der Waals surface area contributed by atoms with Crippen LogP contribution in [-0.4, -0.2) is 26.8 Å². The number of benzene rings is 1. The SMILES string of the molecule is CCCCC(CN)NS(=O)(=O)c1cccc(C(=O)CC)c1. The summed E-state index contributed by atoms with van der Waals surface area (Å²) in [5, 5.41) is 0. The van der Waals surface area contributed by atoms with Gasteiger partial charge in [0, 0.05) is 24.6 Å². The predicted molar refractivity (Wildman–Crippen MR) is 83.8 cm³/mol. The quantitative estimate of drug-likeness (QED) is 0.683. The first-order chi connectivity index (χ1) is 9.94. The minimum absolute atomic E-state index is 0.0755. The molecule has 1 unspecified atom stereocenters. The van der Waals surface area contributed by atoms with Crippen LogP contribution in [0.3, 0.4) is 0 Å². The second-order valence-corrected chi connectivity index (χ2v) is 6.71. The molecule has 5 nitrogen and oxygen atoms in total. The monoisotopic (exact) mass is 312 g/mol. The van der Waals surface area contributed by atoms with Gasteiger partial charge in [-0.1, -0.05) is 38.8 Å². The Morgan fingerprint density at radius 1 is 1.33 bits per heavy atom. The van der Waals surface area contributed by atoms with Crippen LogP contribution in [0.15, 0.2) is 29.2 Å². The second kappa shape index (κ2) is 8.26. The molecule has 6 heteroatoms. The van der Waals surface area contributed by atoms with Crippen molar-refractivity contribution in [2.45, 2.75) is 50.5 Å². The molecule has 0 saturated heterocycles. The molecule has 0 spiro atoms. The van der Waals surface area contributed by atoms with E-state index in [4.69, 9.17) is 5.73 Å². The standard InChI is InChI=1S/C15H24N2O3S/c1-3-5-8-13(11-16)17-21(19,20)14-9-6-7-12(10-14)15(18)4-2/h6-7,9-10,13,17H,3-5,8,11,16H2,1-2H3. The molecule has 0 aliphatic rings. The highest BCUT2D eigenvalue weighted by molar-refractivity contribution is 7.89. The Morgan fingerprint density at radius 3 is 2.62 bits per heavy atom. The van der Waals surface area contributed by atoms with Crippen molar-refractivity contribution in [3.8, 4) is 0 Å². The molecule has 0 fully saturated rings. The lowest BCUT2D eigenvalue weighted by Gasteiger charge is -2.16. The summed E-state index contributed by atoms with van der Waals surface area (Å²) in [4.78, 5) is 11.8. The van der Waals surface area contributed by atoms with Crippen LogP contribution < -0.4 is 10.5 Å². The summed E-state index contributed by atoms with van der Waals surface area (Å²) in [5.41, 5.74) is 6.03. The van der Waals surface area contributed by atoms with Crippen molar-refractivity contribution in [1.82, 2.24) is 4.72 Å². The van der Waals surface area contributed by atoms with Crippen LogP contribution in [0, 0.1) is 0 Å². The average molecular weight is 312 g/mol. The Kier molecular flexibility index (Phi) is 7.01. The first-order valence-electron chi connectivity index (χ1n) is 7.30. The van der Waals surface area contributed by atoms with Crippen LogP contribution in [0.1, 0.15) is 49.9 Å².